The van der Waals surface area contributed by atoms with Gasteiger partial charge in [0, 0.05) is 19.0 Å². The summed E-state index contributed by atoms with van der Waals surface area (Å²) >= 11 is 6.23. The van der Waals surface area contributed by atoms with Crippen molar-refractivity contribution in [2.45, 2.75) is 27.2 Å². The van der Waals surface area contributed by atoms with Gasteiger partial charge in [0.1, 0.15) is 17.5 Å². The summed E-state index contributed by atoms with van der Waals surface area (Å²) in [4.78, 5) is 8.90. The van der Waals surface area contributed by atoms with Crippen LogP contribution >= 0.6 is 11.6 Å². The van der Waals surface area contributed by atoms with Crippen molar-refractivity contribution in [3.05, 3.63) is 40.7 Å². The Labute approximate surface area is 124 Å². The maximum absolute atomic E-state index is 6.23. The topological polar surface area (TPSA) is 49.8 Å². The molecule has 1 heterocycles. The zero-order valence-electron chi connectivity index (χ0n) is 12.0. The summed E-state index contributed by atoms with van der Waals surface area (Å²) in [5.74, 6) is 2.37. The van der Waals surface area contributed by atoms with E-state index in [1.54, 1.807) is 0 Å². The number of hydrogen-bond donors (Lipinski definition) is 2. The van der Waals surface area contributed by atoms with Gasteiger partial charge < -0.3 is 10.6 Å². The van der Waals surface area contributed by atoms with Crippen molar-refractivity contribution >= 4 is 28.9 Å². The van der Waals surface area contributed by atoms with Crippen molar-refractivity contribution < 1.29 is 0 Å². The molecule has 0 saturated carbocycles. The second-order valence-corrected chi connectivity index (χ2v) is 4.95. The van der Waals surface area contributed by atoms with Crippen LogP contribution in [0.3, 0.4) is 0 Å². The van der Waals surface area contributed by atoms with Crippen LogP contribution in [0, 0.1) is 6.92 Å². The van der Waals surface area contributed by atoms with Gasteiger partial charge in [0.25, 0.3) is 0 Å². The number of benzene rings is 1. The summed E-state index contributed by atoms with van der Waals surface area (Å²) in [6, 6.07) is 7.79. The summed E-state index contributed by atoms with van der Waals surface area (Å²) in [6.45, 7) is 6.91. The van der Waals surface area contributed by atoms with Crippen molar-refractivity contribution in [2.75, 3.05) is 17.2 Å². The number of nitrogens with one attached hydrogen (secondary N) is 2. The third kappa shape index (κ3) is 3.61. The third-order valence-corrected chi connectivity index (χ3v) is 3.15. The summed E-state index contributed by atoms with van der Waals surface area (Å²) in [5.41, 5.74) is 1.98. The van der Waals surface area contributed by atoms with E-state index in [0.29, 0.717) is 5.02 Å². The van der Waals surface area contributed by atoms with E-state index in [-0.39, 0.29) is 0 Å². The predicted molar refractivity (Wildman–Crippen MR) is 85.0 cm³/mol. The molecule has 0 fully saturated rings. The monoisotopic (exact) mass is 290 g/mol. The van der Waals surface area contributed by atoms with Crippen LogP contribution in [0.2, 0.25) is 5.02 Å². The zero-order chi connectivity index (χ0) is 14.5. The van der Waals surface area contributed by atoms with Crippen molar-refractivity contribution in [3.8, 4) is 0 Å². The Bertz CT molecular complexity index is 598. The maximum atomic E-state index is 6.23. The molecular formula is C15H19ClN4. The quantitative estimate of drug-likeness (QED) is 0.867. The maximum Gasteiger partial charge on any atom is 0.136 e. The largest absolute Gasteiger partial charge is 0.370 e. The molecule has 2 aromatic rings. The number of nitrogens with zero attached hydrogens (tertiary/aromatic N) is 2. The summed E-state index contributed by atoms with van der Waals surface area (Å²) < 4.78 is 0. The smallest absolute Gasteiger partial charge is 0.136 e. The highest BCUT2D eigenvalue weighted by Crippen LogP contribution is 2.26. The van der Waals surface area contributed by atoms with Gasteiger partial charge in [0.2, 0.25) is 0 Å². The molecule has 2 N–H and O–H groups in total. The highest BCUT2D eigenvalue weighted by atomic mass is 35.5. The van der Waals surface area contributed by atoms with Gasteiger partial charge in [-0.05, 0) is 31.5 Å². The van der Waals surface area contributed by atoms with Crippen LogP contribution in [0.1, 0.15) is 25.2 Å². The average Bonchev–Trinajstić information content (AvgIpc) is 2.42. The Morgan fingerprint density at radius 3 is 2.50 bits per heavy atom. The molecule has 0 atom stereocenters. The van der Waals surface area contributed by atoms with Crippen LogP contribution < -0.4 is 10.6 Å². The lowest BCUT2D eigenvalue weighted by Crippen LogP contribution is -2.05. The number of aromatic nitrogens is 2. The minimum absolute atomic E-state index is 0.687. The first-order chi connectivity index (χ1) is 9.62. The Morgan fingerprint density at radius 1 is 1.10 bits per heavy atom. The second kappa shape index (κ2) is 6.57. The van der Waals surface area contributed by atoms with E-state index < -0.39 is 0 Å². The summed E-state index contributed by atoms with van der Waals surface area (Å²) in [5, 5.41) is 7.14. The summed E-state index contributed by atoms with van der Waals surface area (Å²) in [7, 11) is 0. The first-order valence-electron chi connectivity index (χ1n) is 6.77. The number of aryl methyl sites for hydroxylation is 2. The molecule has 0 bridgehead atoms. The molecule has 0 aliphatic rings. The van der Waals surface area contributed by atoms with Crippen LogP contribution in [-0.4, -0.2) is 16.5 Å². The molecule has 4 nitrogen and oxygen atoms in total. The molecule has 0 saturated heterocycles. The Kier molecular flexibility index (Phi) is 4.79. The molecule has 20 heavy (non-hydrogen) atoms. The van der Waals surface area contributed by atoms with E-state index in [2.05, 4.69) is 20.6 Å². The van der Waals surface area contributed by atoms with Crippen molar-refractivity contribution in [2.24, 2.45) is 0 Å². The molecule has 1 aromatic carbocycles. The van der Waals surface area contributed by atoms with Crippen LogP contribution in [0.15, 0.2) is 24.3 Å². The van der Waals surface area contributed by atoms with Gasteiger partial charge in [-0.15, -0.1) is 0 Å². The zero-order valence-corrected chi connectivity index (χ0v) is 12.8. The second-order valence-electron chi connectivity index (χ2n) is 4.55. The minimum Gasteiger partial charge on any atom is -0.370 e. The fraction of sp³-hybridized carbons (Fsp3) is 0.333. The van der Waals surface area contributed by atoms with Crippen LogP contribution in [-0.2, 0) is 6.42 Å². The SMILES string of the molecule is CCNc1cc(Nc2ccc(C)cc2Cl)nc(CC)n1. The fourth-order valence-corrected chi connectivity index (χ4v) is 2.13. The van der Waals surface area contributed by atoms with Crippen molar-refractivity contribution in [1.29, 1.82) is 0 Å². The van der Waals surface area contributed by atoms with Crippen molar-refractivity contribution in [3.63, 3.8) is 0 Å². The highest BCUT2D eigenvalue weighted by Gasteiger charge is 2.06. The standard InChI is InChI=1S/C15H19ClN4/c1-4-13-19-14(17-5-2)9-15(20-13)18-12-7-6-10(3)8-11(12)16/h6-9H,4-5H2,1-3H3,(H2,17,18,19,20). The lowest BCUT2D eigenvalue weighted by Gasteiger charge is -2.11. The number of rotatable bonds is 5. The molecule has 5 heteroatoms. The van der Waals surface area contributed by atoms with E-state index in [0.717, 1.165) is 41.7 Å². The van der Waals surface area contributed by atoms with E-state index in [1.165, 1.54) is 0 Å². The molecule has 0 radical (unpaired) electrons. The average molecular weight is 291 g/mol. The van der Waals surface area contributed by atoms with Gasteiger partial charge in [-0.1, -0.05) is 24.6 Å². The van der Waals surface area contributed by atoms with E-state index >= 15 is 0 Å². The lowest BCUT2D eigenvalue weighted by atomic mass is 10.2. The van der Waals surface area contributed by atoms with E-state index in [9.17, 15) is 0 Å². The van der Waals surface area contributed by atoms with Gasteiger partial charge in [-0.2, -0.15) is 0 Å². The van der Waals surface area contributed by atoms with Gasteiger partial charge in [-0.3, -0.25) is 0 Å². The number of anilines is 3. The summed E-state index contributed by atoms with van der Waals surface area (Å²) in [6.07, 6.45) is 0.787. The van der Waals surface area contributed by atoms with Crippen molar-refractivity contribution in [1.82, 2.24) is 9.97 Å². The fourth-order valence-electron chi connectivity index (χ4n) is 1.85. The normalized spacial score (nSPS) is 10.4. The minimum atomic E-state index is 0.687. The Balaban J connectivity index is 2.29. The molecule has 0 aliphatic heterocycles. The Hall–Kier alpha value is -1.81. The Morgan fingerprint density at radius 2 is 1.85 bits per heavy atom. The van der Waals surface area contributed by atoms with Crippen LogP contribution in [0.4, 0.5) is 17.3 Å². The highest BCUT2D eigenvalue weighted by molar-refractivity contribution is 6.33. The number of halogens is 1. The molecule has 106 valence electrons. The molecule has 2 rings (SSSR count). The van der Waals surface area contributed by atoms with Crippen LogP contribution in [0.25, 0.3) is 0 Å². The van der Waals surface area contributed by atoms with Gasteiger partial charge in [-0.25, -0.2) is 9.97 Å². The molecule has 1 aromatic heterocycles. The molecular weight excluding hydrogens is 272 g/mol. The van der Waals surface area contributed by atoms with Gasteiger partial charge >= 0.3 is 0 Å². The molecule has 0 aliphatic carbocycles. The number of hydrogen-bond acceptors (Lipinski definition) is 4. The first-order valence-corrected chi connectivity index (χ1v) is 7.15. The molecule has 0 unspecified atom stereocenters. The molecule has 0 spiro atoms. The van der Waals surface area contributed by atoms with Gasteiger partial charge in [0.05, 0.1) is 10.7 Å². The lowest BCUT2D eigenvalue weighted by molar-refractivity contribution is 0.939. The third-order valence-electron chi connectivity index (χ3n) is 2.83. The predicted octanol–water partition coefficient (Wildman–Crippen LogP) is 4.18. The first kappa shape index (κ1) is 14.6. The molecule has 0 amide bonds. The van der Waals surface area contributed by atoms with E-state index in [1.807, 2.05) is 45.0 Å². The van der Waals surface area contributed by atoms with Gasteiger partial charge in [0.15, 0.2) is 0 Å². The van der Waals surface area contributed by atoms with E-state index in [4.69, 9.17) is 11.6 Å². The van der Waals surface area contributed by atoms with Crippen LogP contribution in [0.5, 0.6) is 0 Å².